The smallest absolute Gasteiger partial charge is 0.263 e. The number of rotatable bonds is 4. The van der Waals surface area contributed by atoms with Crippen molar-refractivity contribution in [1.82, 2.24) is 4.90 Å². The van der Waals surface area contributed by atoms with Crippen molar-refractivity contribution in [3.05, 3.63) is 94.0 Å². The number of benzene rings is 3. The molecule has 3 aromatic rings. The molecule has 8 heteroatoms. The Balaban J connectivity index is 1.57. The van der Waals surface area contributed by atoms with Crippen LogP contribution in [-0.2, 0) is 17.9 Å². The van der Waals surface area contributed by atoms with E-state index in [1.165, 1.54) is 17.0 Å². The van der Waals surface area contributed by atoms with Crippen LogP contribution in [-0.4, -0.2) is 22.8 Å². The van der Waals surface area contributed by atoms with Gasteiger partial charge in [-0.15, -0.1) is 0 Å². The Morgan fingerprint density at radius 1 is 1.09 bits per heavy atom. The summed E-state index contributed by atoms with van der Waals surface area (Å²) in [6.07, 6.45) is -0.774. The maximum atomic E-state index is 13.6. The van der Waals surface area contributed by atoms with Gasteiger partial charge in [-0.1, -0.05) is 11.6 Å². The number of carbonyl (C=O) groups is 2. The highest BCUT2D eigenvalue weighted by Gasteiger charge is 2.28. The first-order chi connectivity index (χ1) is 15.3. The Morgan fingerprint density at radius 3 is 2.47 bits per heavy atom. The fraction of sp³-hybridized carbons (Fsp3) is 0.167. The summed E-state index contributed by atoms with van der Waals surface area (Å²) in [5.74, 6) is -1.54. The molecule has 1 aliphatic heterocycles. The van der Waals surface area contributed by atoms with Crippen LogP contribution in [0.25, 0.3) is 0 Å². The summed E-state index contributed by atoms with van der Waals surface area (Å²) in [4.78, 5) is 26.8. The molecule has 0 spiro atoms. The first kappa shape index (κ1) is 21.8. The minimum atomic E-state index is -0.774. The van der Waals surface area contributed by atoms with E-state index in [4.69, 9.17) is 16.3 Å². The molecule has 0 radical (unpaired) electrons. The third-order valence-electron chi connectivity index (χ3n) is 5.04. The van der Waals surface area contributed by atoms with E-state index >= 15 is 0 Å². The molecule has 0 fully saturated rings. The third-order valence-corrected chi connectivity index (χ3v) is 5.30. The van der Waals surface area contributed by atoms with Crippen LogP contribution < -0.4 is 10.1 Å². The molecule has 0 aliphatic carbocycles. The molecule has 32 heavy (non-hydrogen) atoms. The molecular weight excluding hydrogens is 438 g/mol. The second-order valence-corrected chi connectivity index (χ2v) is 7.95. The highest BCUT2D eigenvalue weighted by atomic mass is 35.5. The second kappa shape index (κ2) is 8.96. The molecule has 1 N–H and O–H groups in total. The quantitative estimate of drug-likeness (QED) is 0.588. The van der Waals surface area contributed by atoms with Gasteiger partial charge in [0.05, 0.1) is 0 Å². The monoisotopic (exact) mass is 456 g/mol. The lowest BCUT2D eigenvalue weighted by Crippen LogP contribution is -2.37. The van der Waals surface area contributed by atoms with Crippen LogP contribution in [0.1, 0.15) is 28.4 Å². The molecule has 1 aliphatic rings. The Morgan fingerprint density at radius 2 is 1.78 bits per heavy atom. The summed E-state index contributed by atoms with van der Waals surface area (Å²) in [5, 5.41) is 3.34. The molecule has 0 bridgehead atoms. The van der Waals surface area contributed by atoms with E-state index in [1.54, 1.807) is 49.4 Å². The lowest BCUT2D eigenvalue weighted by molar-refractivity contribution is -0.138. The average Bonchev–Trinajstić information content (AvgIpc) is 2.84. The topological polar surface area (TPSA) is 58.6 Å². The van der Waals surface area contributed by atoms with E-state index in [1.807, 2.05) is 0 Å². The first-order valence-electron chi connectivity index (χ1n) is 9.89. The zero-order valence-corrected chi connectivity index (χ0v) is 17.8. The van der Waals surface area contributed by atoms with Gasteiger partial charge in [-0.05, 0) is 67.1 Å². The van der Waals surface area contributed by atoms with E-state index in [0.717, 1.165) is 6.07 Å². The van der Waals surface area contributed by atoms with E-state index < -0.39 is 17.7 Å². The summed E-state index contributed by atoms with van der Waals surface area (Å²) >= 11 is 5.86. The van der Waals surface area contributed by atoms with Crippen molar-refractivity contribution in [2.75, 3.05) is 5.32 Å². The van der Waals surface area contributed by atoms with Crippen molar-refractivity contribution >= 4 is 29.1 Å². The number of nitrogens with one attached hydrogen (secondary N) is 1. The maximum Gasteiger partial charge on any atom is 0.263 e. The summed E-state index contributed by atoms with van der Waals surface area (Å²) in [7, 11) is 0. The standard InChI is InChI=1S/C24H19ClF2N2O3/c1-14-24(31)29(12-15-8-19(26)11-20(27)9-15)13-17-10-21(6-7-22(17)32-14)28-23(30)16-2-4-18(25)5-3-16/h2-11,14H,12-13H2,1H3,(H,28,30)/t14-/m1/s1. The van der Waals surface area contributed by atoms with Crippen LogP contribution >= 0.6 is 11.6 Å². The zero-order valence-electron chi connectivity index (χ0n) is 17.1. The van der Waals surface area contributed by atoms with Crippen molar-refractivity contribution in [3.8, 4) is 5.75 Å². The van der Waals surface area contributed by atoms with Crippen molar-refractivity contribution in [1.29, 1.82) is 0 Å². The van der Waals surface area contributed by atoms with Gasteiger partial charge >= 0.3 is 0 Å². The SMILES string of the molecule is C[C@H]1Oc2ccc(NC(=O)c3ccc(Cl)cc3)cc2CN(Cc2cc(F)cc(F)c2)C1=O. The fourth-order valence-electron chi connectivity index (χ4n) is 3.54. The van der Waals surface area contributed by atoms with Crippen LogP contribution in [0.2, 0.25) is 5.02 Å². The molecule has 0 aromatic heterocycles. The minimum Gasteiger partial charge on any atom is -0.481 e. The van der Waals surface area contributed by atoms with E-state index in [9.17, 15) is 18.4 Å². The number of carbonyl (C=O) groups excluding carboxylic acids is 2. The fourth-order valence-corrected chi connectivity index (χ4v) is 3.66. The van der Waals surface area contributed by atoms with Gasteiger partial charge in [0.2, 0.25) is 0 Å². The number of hydrogen-bond donors (Lipinski definition) is 1. The zero-order chi connectivity index (χ0) is 22.8. The van der Waals surface area contributed by atoms with E-state index in [2.05, 4.69) is 5.32 Å². The molecule has 1 atom stereocenters. The van der Waals surface area contributed by atoms with Gasteiger partial charge in [-0.3, -0.25) is 9.59 Å². The van der Waals surface area contributed by atoms with Crippen LogP contribution in [0.5, 0.6) is 5.75 Å². The van der Waals surface area contributed by atoms with Crippen LogP contribution in [0.4, 0.5) is 14.5 Å². The first-order valence-corrected chi connectivity index (χ1v) is 10.3. The molecule has 0 saturated carbocycles. The Hall–Kier alpha value is -3.45. The summed E-state index contributed by atoms with van der Waals surface area (Å²) in [6.45, 7) is 1.79. The minimum absolute atomic E-state index is 0.0159. The highest BCUT2D eigenvalue weighted by molar-refractivity contribution is 6.30. The van der Waals surface area contributed by atoms with Crippen molar-refractivity contribution in [3.63, 3.8) is 0 Å². The normalized spacial score (nSPS) is 15.6. The average molecular weight is 457 g/mol. The molecule has 5 nitrogen and oxygen atoms in total. The van der Waals surface area contributed by atoms with Gasteiger partial charge in [0, 0.05) is 41.0 Å². The largest absolute Gasteiger partial charge is 0.481 e. The van der Waals surface area contributed by atoms with Crippen molar-refractivity contribution in [2.45, 2.75) is 26.1 Å². The maximum absolute atomic E-state index is 13.6. The molecule has 1 heterocycles. The van der Waals surface area contributed by atoms with Gasteiger partial charge in [-0.2, -0.15) is 0 Å². The van der Waals surface area contributed by atoms with Crippen LogP contribution in [0, 0.1) is 11.6 Å². The third kappa shape index (κ3) is 4.89. The molecule has 0 unspecified atom stereocenters. The number of anilines is 1. The predicted molar refractivity (Wildman–Crippen MR) is 117 cm³/mol. The molecule has 0 saturated heterocycles. The molecule has 4 rings (SSSR count). The van der Waals surface area contributed by atoms with Gasteiger partial charge in [0.25, 0.3) is 11.8 Å². The van der Waals surface area contributed by atoms with Crippen LogP contribution in [0.15, 0.2) is 60.7 Å². The van der Waals surface area contributed by atoms with Gasteiger partial charge < -0.3 is 15.0 Å². The summed E-state index contributed by atoms with van der Waals surface area (Å²) in [6, 6.07) is 14.7. The number of hydrogen-bond acceptors (Lipinski definition) is 3. The lowest BCUT2D eigenvalue weighted by Gasteiger charge is -2.22. The Kier molecular flexibility index (Phi) is 6.10. The Labute approximate surface area is 188 Å². The number of fused-ring (bicyclic) bond motifs is 1. The summed E-state index contributed by atoms with van der Waals surface area (Å²) < 4.78 is 33.0. The van der Waals surface area contributed by atoms with E-state index in [0.29, 0.717) is 33.1 Å². The van der Waals surface area contributed by atoms with Gasteiger partial charge in [0.15, 0.2) is 6.10 Å². The van der Waals surface area contributed by atoms with Crippen molar-refractivity contribution in [2.24, 2.45) is 0 Å². The predicted octanol–water partition coefficient (Wildman–Crippen LogP) is 5.18. The van der Waals surface area contributed by atoms with Crippen LogP contribution in [0.3, 0.4) is 0 Å². The van der Waals surface area contributed by atoms with Crippen molar-refractivity contribution < 1.29 is 23.1 Å². The number of ether oxygens (including phenoxy) is 1. The number of amides is 2. The highest BCUT2D eigenvalue weighted by Crippen LogP contribution is 2.30. The molecule has 3 aromatic carbocycles. The van der Waals surface area contributed by atoms with Gasteiger partial charge in [0.1, 0.15) is 17.4 Å². The lowest BCUT2D eigenvalue weighted by atomic mass is 10.1. The molecule has 164 valence electrons. The molecular formula is C24H19ClF2N2O3. The molecule has 2 amide bonds. The van der Waals surface area contributed by atoms with E-state index in [-0.39, 0.29) is 24.9 Å². The number of nitrogens with zero attached hydrogens (tertiary/aromatic N) is 1. The second-order valence-electron chi connectivity index (χ2n) is 7.52. The number of halogens is 3. The Bertz CT molecular complexity index is 1160. The summed E-state index contributed by atoms with van der Waals surface area (Å²) in [5.41, 5.74) is 1.96. The van der Waals surface area contributed by atoms with Gasteiger partial charge in [-0.25, -0.2) is 8.78 Å².